The second kappa shape index (κ2) is 4.94. The first-order valence-corrected chi connectivity index (χ1v) is 5.56. The standard InChI is InChI=1S/C11H21NO3/c1-4-5-9(2)12-7-11(3,8-12)15-6-10(13)14/h9H,4-8H2,1-3H3,(H,13,14). The fourth-order valence-corrected chi connectivity index (χ4v) is 2.05. The van der Waals surface area contributed by atoms with Crippen molar-refractivity contribution >= 4 is 5.97 Å². The van der Waals surface area contributed by atoms with Gasteiger partial charge in [-0.15, -0.1) is 0 Å². The molecule has 0 aromatic rings. The van der Waals surface area contributed by atoms with E-state index >= 15 is 0 Å². The van der Waals surface area contributed by atoms with Crippen molar-refractivity contribution in [3.05, 3.63) is 0 Å². The van der Waals surface area contributed by atoms with E-state index in [9.17, 15) is 4.79 Å². The Morgan fingerprint density at radius 1 is 1.60 bits per heavy atom. The smallest absolute Gasteiger partial charge is 0.329 e. The summed E-state index contributed by atoms with van der Waals surface area (Å²) in [7, 11) is 0. The Bertz CT molecular complexity index is 224. The highest BCUT2D eigenvalue weighted by atomic mass is 16.5. The molecule has 1 unspecified atom stereocenters. The Labute approximate surface area is 91.2 Å². The van der Waals surface area contributed by atoms with Gasteiger partial charge in [-0.3, -0.25) is 4.90 Å². The largest absolute Gasteiger partial charge is 0.480 e. The van der Waals surface area contributed by atoms with Gasteiger partial charge >= 0.3 is 5.97 Å². The number of carboxylic acids is 1. The van der Waals surface area contributed by atoms with E-state index in [0.717, 1.165) is 13.1 Å². The zero-order valence-corrected chi connectivity index (χ0v) is 9.82. The maximum atomic E-state index is 10.4. The molecular weight excluding hydrogens is 194 g/mol. The van der Waals surface area contributed by atoms with Crippen molar-refractivity contribution in [3.63, 3.8) is 0 Å². The van der Waals surface area contributed by atoms with Crippen molar-refractivity contribution in [2.75, 3.05) is 19.7 Å². The highest BCUT2D eigenvalue weighted by molar-refractivity contribution is 5.68. The Morgan fingerprint density at radius 2 is 2.20 bits per heavy atom. The van der Waals surface area contributed by atoms with E-state index in [2.05, 4.69) is 18.7 Å². The van der Waals surface area contributed by atoms with Gasteiger partial charge in [0.05, 0.1) is 5.60 Å². The molecule has 0 aliphatic carbocycles. The van der Waals surface area contributed by atoms with Crippen molar-refractivity contribution in [3.8, 4) is 0 Å². The van der Waals surface area contributed by atoms with Crippen LogP contribution >= 0.6 is 0 Å². The van der Waals surface area contributed by atoms with Gasteiger partial charge in [-0.2, -0.15) is 0 Å². The summed E-state index contributed by atoms with van der Waals surface area (Å²) in [5.74, 6) is -0.892. The predicted octanol–water partition coefficient (Wildman–Crippen LogP) is 1.35. The van der Waals surface area contributed by atoms with Crippen molar-refractivity contribution in [2.45, 2.75) is 45.3 Å². The molecule has 0 spiro atoms. The molecule has 0 saturated carbocycles. The molecule has 1 rings (SSSR count). The van der Waals surface area contributed by atoms with Crippen LogP contribution in [0.3, 0.4) is 0 Å². The van der Waals surface area contributed by atoms with Gasteiger partial charge in [0, 0.05) is 19.1 Å². The van der Waals surface area contributed by atoms with Crippen LogP contribution in [0.15, 0.2) is 0 Å². The summed E-state index contributed by atoms with van der Waals surface area (Å²) >= 11 is 0. The predicted molar refractivity (Wildman–Crippen MR) is 57.9 cm³/mol. The summed E-state index contributed by atoms with van der Waals surface area (Å²) in [6.07, 6.45) is 2.37. The van der Waals surface area contributed by atoms with Crippen molar-refractivity contribution in [1.82, 2.24) is 4.90 Å². The SMILES string of the molecule is CCCC(C)N1CC(C)(OCC(=O)O)C1. The van der Waals surface area contributed by atoms with E-state index in [1.807, 2.05) is 6.92 Å². The van der Waals surface area contributed by atoms with Crippen LogP contribution in [0, 0.1) is 0 Å². The zero-order chi connectivity index (χ0) is 11.5. The van der Waals surface area contributed by atoms with Gasteiger partial charge in [0.1, 0.15) is 6.61 Å². The maximum absolute atomic E-state index is 10.4. The first kappa shape index (κ1) is 12.5. The summed E-state index contributed by atoms with van der Waals surface area (Å²) in [5.41, 5.74) is -0.250. The topological polar surface area (TPSA) is 49.8 Å². The van der Waals surface area contributed by atoms with E-state index in [1.54, 1.807) is 0 Å². The lowest BCUT2D eigenvalue weighted by atomic mass is 9.93. The minimum Gasteiger partial charge on any atom is -0.480 e. The number of nitrogens with zero attached hydrogens (tertiary/aromatic N) is 1. The van der Waals surface area contributed by atoms with E-state index in [-0.39, 0.29) is 12.2 Å². The number of rotatable bonds is 6. The number of aliphatic carboxylic acids is 1. The maximum Gasteiger partial charge on any atom is 0.329 e. The first-order valence-electron chi connectivity index (χ1n) is 5.56. The number of likely N-dealkylation sites (tertiary alicyclic amines) is 1. The minimum atomic E-state index is -0.892. The lowest BCUT2D eigenvalue weighted by molar-refractivity contribution is -0.169. The minimum absolute atomic E-state index is 0.188. The molecule has 1 fully saturated rings. The Morgan fingerprint density at radius 3 is 2.67 bits per heavy atom. The molecule has 0 bridgehead atoms. The van der Waals surface area contributed by atoms with Gasteiger partial charge in [0.15, 0.2) is 0 Å². The summed E-state index contributed by atoms with van der Waals surface area (Å²) in [5, 5.41) is 8.52. The quantitative estimate of drug-likeness (QED) is 0.726. The Hall–Kier alpha value is -0.610. The lowest BCUT2D eigenvalue weighted by Gasteiger charge is -2.50. The van der Waals surface area contributed by atoms with Crippen LogP contribution in [0.1, 0.15) is 33.6 Å². The van der Waals surface area contributed by atoms with Crippen LogP contribution in [-0.2, 0) is 9.53 Å². The van der Waals surface area contributed by atoms with E-state index in [1.165, 1.54) is 12.8 Å². The normalized spacial score (nSPS) is 22.1. The van der Waals surface area contributed by atoms with Crippen LogP contribution in [0.5, 0.6) is 0 Å². The molecular formula is C11H21NO3. The van der Waals surface area contributed by atoms with E-state index in [0.29, 0.717) is 6.04 Å². The second-order valence-corrected chi connectivity index (χ2v) is 4.67. The Balaban J connectivity index is 2.25. The van der Waals surface area contributed by atoms with Crippen LogP contribution < -0.4 is 0 Å². The molecule has 15 heavy (non-hydrogen) atoms. The van der Waals surface area contributed by atoms with E-state index < -0.39 is 5.97 Å². The van der Waals surface area contributed by atoms with E-state index in [4.69, 9.17) is 9.84 Å². The highest BCUT2D eigenvalue weighted by Crippen LogP contribution is 2.27. The van der Waals surface area contributed by atoms with Crippen molar-refractivity contribution in [1.29, 1.82) is 0 Å². The molecule has 1 N–H and O–H groups in total. The molecule has 1 aliphatic heterocycles. The average Bonchev–Trinajstić information content (AvgIpc) is 2.10. The number of carbonyl (C=O) groups is 1. The van der Waals surface area contributed by atoms with Crippen LogP contribution in [-0.4, -0.2) is 47.3 Å². The number of ether oxygens (including phenoxy) is 1. The van der Waals surface area contributed by atoms with Gasteiger partial charge < -0.3 is 9.84 Å². The third-order valence-corrected chi connectivity index (χ3v) is 2.95. The molecule has 1 atom stereocenters. The summed E-state index contributed by atoms with van der Waals surface area (Å²) in [6, 6.07) is 0.580. The molecule has 0 aromatic heterocycles. The average molecular weight is 215 g/mol. The van der Waals surface area contributed by atoms with Gasteiger partial charge in [0.25, 0.3) is 0 Å². The molecule has 1 saturated heterocycles. The molecule has 0 radical (unpaired) electrons. The van der Waals surface area contributed by atoms with Gasteiger partial charge in [0.2, 0.25) is 0 Å². The molecule has 4 nitrogen and oxygen atoms in total. The molecule has 1 heterocycles. The summed E-state index contributed by atoms with van der Waals surface area (Å²) in [6.45, 7) is 7.87. The van der Waals surface area contributed by atoms with Crippen LogP contribution in [0.25, 0.3) is 0 Å². The van der Waals surface area contributed by atoms with Crippen LogP contribution in [0.2, 0.25) is 0 Å². The van der Waals surface area contributed by atoms with Crippen LogP contribution in [0.4, 0.5) is 0 Å². The first-order chi connectivity index (χ1) is 6.97. The molecule has 1 aliphatic rings. The third kappa shape index (κ3) is 3.47. The molecule has 0 aromatic carbocycles. The lowest BCUT2D eigenvalue weighted by Crippen LogP contribution is -2.64. The van der Waals surface area contributed by atoms with Crippen molar-refractivity contribution < 1.29 is 14.6 Å². The number of carboxylic acid groups (broad SMARTS) is 1. The fourth-order valence-electron chi connectivity index (χ4n) is 2.05. The molecule has 0 amide bonds. The molecule has 4 heteroatoms. The fraction of sp³-hybridized carbons (Fsp3) is 0.909. The van der Waals surface area contributed by atoms with Gasteiger partial charge in [-0.1, -0.05) is 13.3 Å². The number of hydrogen-bond acceptors (Lipinski definition) is 3. The second-order valence-electron chi connectivity index (χ2n) is 4.67. The third-order valence-electron chi connectivity index (χ3n) is 2.95. The van der Waals surface area contributed by atoms with Gasteiger partial charge in [-0.05, 0) is 20.3 Å². The van der Waals surface area contributed by atoms with Crippen molar-refractivity contribution in [2.24, 2.45) is 0 Å². The summed E-state index contributed by atoms with van der Waals surface area (Å²) in [4.78, 5) is 12.7. The summed E-state index contributed by atoms with van der Waals surface area (Å²) < 4.78 is 5.34. The molecule has 88 valence electrons. The number of hydrogen-bond donors (Lipinski definition) is 1. The monoisotopic (exact) mass is 215 g/mol. The Kier molecular flexibility index (Phi) is 4.11. The zero-order valence-electron chi connectivity index (χ0n) is 9.82. The highest BCUT2D eigenvalue weighted by Gasteiger charge is 2.41. The van der Waals surface area contributed by atoms with Gasteiger partial charge in [-0.25, -0.2) is 4.79 Å².